The molecule has 0 bridgehead atoms. The molecule has 0 aromatic carbocycles. The molecule has 98 valence electrons. The van der Waals surface area contributed by atoms with Gasteiger partial charge in [0.05, 0.1) is 6.54 Å². The van der Waals surface area contributed by atoms with Crippen LogP contribution >= 0.6 is 0 Å². The standard InChI is InChI=1S/C13H25N3O/c1-10(2)15-7-12(8-15)14-5-6-16(11(3)4)13(17)9-14/h10-12H,5-9H2,1-4H3. The van der Waals surface area contributed by atoms with E-state index in [-0.39, 0.29) is 0 Å². The van der Waals surface area contributed by atoms with E-state index in [1.165, 1.54) is 0 Å². The Morgan fingerprint density at radius 3 is 2.18 bits per heavy atom. The second-order valence-corrected chi connectivity index (χ2v) is 5.85. The highest BCUT2D eigenvalue weighted by Crippen LogP contribution is 2.20. The molecule has 2 rings (SSSR count). The molecule has 2 fully saturated rings. The number of hydrogen-bond acceptors (Lipinski definition) is 3. The molecule has 0 saturated carbocycles. The predicted molar refractivity (Wildman–Crippen MR) is 68.9 cm³/mol. The number of likely N-dealkylation sites (tertiary alicyclic amines) is 1. The molecule has 0 N–H and O–H groups in total. The SMILES string of the molecule is CC(C)N1CC(N2CCN(C(C)C)C(=O)C2)C1. The minimum absolute atomic E-state index is 0.300. The molecular weight excluding hydrogens is 214 g/mol. The molecule has 2 aliphatic heterocycles. The van der Waals surface area contributed by atoms with Gasteiger partial charge in [0, 0.05) is 44.3 Å². The Morgan fingerprint density at radius 2 is 1.71 bits per heavy atom. The van der Waals surface area contributed by atoms with Gasteiger partial charge >= 0.3 is 0 Å². The molecule has 0 aromatic rings. The van der Waals surface area contributed by atoms with Crippen molar-refractivity contribution in [2.24, 2.45) is 0 Å². The molecular formula is C13H25N3O. The molecule has 4 nitrogen and oxygen atoms in total. The van der Waals surface area contributed by atoms with Gasteiger partial charge in [-0.15, -0.1) is 0 Å². The second kappa shape index (κ2) is 4.94. The lowest BCUT2D eigenvalue weighted by Gasteiger charge is -2.49. The maximum absolute atomic E-state index is 12.0. The van der Waals surface area contributed by atoms with Crippen LogP contribution in [0.1, 0.15) is 27.7 Å². The average molecular weight is 239 g/mol. The van der Waals surface area contributed by atoms with E-state index in [0.29, 0.717) is 30.6 Å². The first-order valence-electron chi connectivity index (χ1n) is 6.76. The van der Waals surface area contributed by atoms with Crippen molar-refractivity contribution in [3.05, 3.63) is 0 Å². The summed E-state index contributed by atoms with van der Waals surface area (Å²) in [6, 6.07) is 1.59. The zero-order chi connectivity index (χ0) is 12.6. The molecule has 17 heavy (non-hydrogen) atoms. The fourth-order valence-corrected chi connectivity index (χ4v) is 2.70. The summed E-state index contributed by atoms with van der Waals surface area (Å²) in [5.74, 6) is 0.300. The van der Waals surface area contributed by atoms with E-state index in [1.807, 2.05) is 4.90 Å². The highest BCUT2D eigenvalue weighted by atomic mass is 16.2. The highest BCUT2D eigenvalue weighted by Gasteiger charge is 2.36. The maximum Gasteiger partial charge on any atom is 0.237 e. The van der Waals surface area contributed by atoms with Crippen molar-refractivity contribution in [1.29, 1.82) is 0 Å². The molecule has 0 spiro atoms. The summed E-state index contributed by atoms with van der Waals surface area (Å²) in [5.41, 5.74) is 0. The van der Waals surface area contributed by atoms with E-state index >= 15 is 0 Å². The predicted octanol–water partition coefficient (Wildman–Crippen LogP) is 0.632. The number of carbonyl (C=O) groups is 1. The van der Waals surface area contributed by atoms with Gasteiger partial charge in [-0.3, -0.25) is 14.6 Å². The normalized spacial score (nSPS) is 24.8. The Kier molecular flexibility index (Phi) is 3.73. The van der Waals surface area contributed by atoms with Crippen molar-refractivity contribution in [3.63, 3.8) is 0 Å². The van der Waals surface area contributed by atoms with Crippen LogP contribution in [0.25, 0.3) is 0 Å². The molecule has 2 saturated heterocycles. The first kappa shape index (κ1) is 12.8. The van der Waals surface area contributed by atoms with Crippen molar-refractivity contribution in [2.45, 2.75) is 45.8 Å². The third-order valence-electron chi connectivity index (χ3n) is 4.05. The van der Waals surface area contributed by atoms with Gasteiger partial charge in [-0.1, -0.05) is 0 Å². The fraction of sp³-hybridized carbons (Fsp3) is 0.923. The zero-order valence-electron chi connectivity index (χ0n) is 11.5. The lowest BCUT2D eigenvalue weighted by molar-refractivity contribution is -0.141. The second-order valence-electron chi connectivity index (χ2n) is 5.85. The molecule has 0 aromatic heterocycles. The van der Waals surface area contributed by atoms with E-state index in [0.717, 1.165) is 26.2 Å². The van der Waals surface area contributed by atoms with Gasteiger partial charge in [0.15, 0.2) is 0 Å². The van der Waals surface area contributed by atoms with Crippen LogP contribution in [-0.4, -0.2) is 71.5 Å². The van der Waals surface area contributed by atoms with Gasteiger partial charge in [0.2, 0.25) is 5.91 Å². The van der Waals surface area contributed by atoms with Crippen LogP contribution in [0.3, 0.4) is 0 Å². The number of hydrogen-bond donors (Lipinski definition) is 0. The lowest BCUT2D eigenvalue weighted by Crippen LogP contribution is -2.65. The van der Waals surface area contributed by atoms with Crippen LogP contribution in [0.2, 0.25) is 0 Å². The van der Waals surface area contributed by atoms with Crippen molar-refractivity contribution in [1.82, 2.24) is 14.7 Å². The average Bonchev–Trinajstić information content (AvgIpc) is 2.13. The Labute approximate surface area is 105 Å². The van der Waals surface area contributed by atoms with Gasteiger partial charge in [0.1, 0.15) is 0 Å². The molecule has 0 radical (unpaired) electrons. The fourth-order valence-electron chi connectivity index (χ4n) is 2.70. The molecule has 0 unspecified atom stereocenters. The van der Waals surface area contributed by atoms with Crippen LogP contribution in [-0.2, 0) is 4.79 Å². The molecule has 0 aliphatic carbocycles. The molecule has 0 atom stereocenters. The van der Waals surface area contributed by atoms with E-state index in [9.17, 15) is 4.79 Å². The summed E-state index contributed by atoms with van der Waals surface area (Å²) in [6.07, 6.45) is 0. The monoisotopic (exact) mass is 239 g/mol. The van der Waals surface area contributed by atoms with E-state index in [1.54, 1.807) is 0 Å². The Balaban J connectivity index is 1.81. The Hall–Kier alpha value is -0.610. The number of nitrogens with zero attached hydrogens (tertiary/aromatic N) is 3. The summed E-state index contributed by atoms with van der Waals surface area (Å²) < 4.78 is 0. The summed E-state index contributed by atoms with van der Waals surface area (Å²) in [6.45, 7) is 13.5. The van der Waals surface area contributed by atoms with Gasteiger partial charge in [-0.05, 0) is 27.7 Å². The zero-order valence-corrected chi connectivity index (χ0v) is 11.5. The van der Waals surface area contributed by atoms with Gasteiger partial charge in [0.25, 0.3) is 0 Å². The minimum Gasteiger partial charge on any atom is -0.338 e. The Bertz CT molecular complexity index is 284. The van der Waals surface area contributed by atoms with E-state index in [4.69, 9.17) is 0 Å². The van der Waals surface area contributed by atoms with Crippen molar-refractivity contribution in [3.8, 4) is 0 Å². The Morgan fingerprint density at radius 1 is 1.06 bits per heavy atom. The molecule has 2 heterocycles. The van der Waals surface area contributed by atoms with Crippen LogP contribution in [0.5, 0.6) is 0 Å². The van der Waals surface area contributed by atoms with E-state index in [2.05, 4.69) is 37.5 Å². The number of rotatable bonds is 3. The third-order valence-corrected chi connectivity index (χ3v) is 4.05. The van der Waals surface area contributed by atoms with Gasteiger partial charge < -0.3 is 4.90 Å². The largest absolute Gasteiger partial charge is 0.338 e. The van der Waals surface area contributed by atoms with Gasteiger partial charge in [-0.25, -0.2) is 0 Å². The van der Waals surface area contributed by atoms with Crippen LogP contribution < -0.4 is 0 Å². The van der Waals surface area contributed by atoms with Crippen molar-refractivity contribution < 1.29 is 4.79 Å². The van der Waals surface area contributed by atoms with Crippen molar-refractivity contribution in [2.75, 3.05) is 32.7 Å². The highest BCUT2D eigenvalue weighted by molar-refractivity contribution is 5.79. The number of amides is 1. The summed E-state index contributed by atoms with van der Waals surface area (Å²) in [7, 11) is 0. The minimum atomic E-state index is 0.300. The number of piperazine rings is 1. The topological polar surface area (TPSA) is 26.8 Å². The third kappa shape index (κ3) is 2.63. The van der Waals surface area contributed by atoms with Gasteiger partial charge in [-0.2, -0.15) is 0 Å². The van der Waals surface area contributed by atoms with Crippen LogP contribution in [0, 0.1) is 0 Å². The summed E-state index contributed by atoms with van der Waals surface area (Å²) >= 11 is 0. The maximum atomic E-state index is 12.0. The first-order valence-corrected chi connectivity index (χ1v) is 6.76. The van der Waals surface area contributed by atoms with Crippen LogP contribution in [0.15, 0.2) is 0 Å². The smallest absolute Gasteiger partial charge is 0.237 e. The molecule has 1 amide bonds. The lowest BCUT2D eigenvalue weighted by atomic mass is 10.0. The molecule has 4 heteroatoms. The quantitative estimate of drug-likeness (QED) is 0.723. The summed E-state index contributed by atoms with van der Waals surface area (Å²) in [5, 5.41) is 0. The van der Waals surface area contributed by atoms with Crippen molar-refractivity contribution >= 4 is 5.91 Å². The summed E-state index contributed by atoms with van der Waals surface area (Å²) in [4.78, 5) is 18.8. The first-order chi connectivity index (χ1) is 7.99. The molecule has 2 aliphatic rings. The number of carbonyl (C=O) groups excluding carboxylic acids is 1. The van der Waals surface area contributed by atoms with E-state index < -0.39 is 0 Å². The van der Waals surface area contributed by atoms with Crippen LogP contribution in [0.4, 0.5) is 0 Å².